The molecule has 1 aromatic rings. The topological polar surface area (TPSA) is 12.9 Å². The molecule has 0 radical (unpaired) electrons. The highest BCUT2D eigenvalue weighted by Crippen LogP contribution is 2.29. The molecule has 1 heterocycles. The summed E-state index contributed by atoms with van der Waals surface area (Å²) in [6, 6.07) is 0.697. The zero-order chi connectivity index (χ0) is 10.2. The highest BCUT2D eigenvalue weighted by Gasteiger charge is 2.33. The van der Waals surface area contributed by atoms with Crippen LogP contribution in [-0.2, 0) is 6.18 Å². The van der Waals surface area contributed by atoms with Crippen LogP contribution in [0.5, 0.6) is 0 Å². The van der Waals surface area contributed by atoms with Gasteiger partial charge in [-0.1, -0.05) is 0 Å². The molecule has 1 rings (SSSR count). The monoisotopic (exact) mass is 193 g/mol. The first kappa shape index (κ1) is 9.95. The molecule has 0 fully saturated rings. The van der Waals surface area contributed by atoms with E-state index >= 15 is 0 Å². The van der Waals surface area contributed by atoms with Crippen LogP contribution in [0.1, 0.15) is 17.0 Å². The van der Waals surface area contributed by atoms with E-state index in [-0.39, 0.29) is 11.3 Å². The maximum Gasteiger partial charge on any atom is 0.433 e. The van der Waals surface area contributed by atoms with Gasteiger partial charge in [0.2, 0.25) is 0 Å². The summed E-state index contributed by atoms with van der Waals surface area (Å²) in [5.41, 5.74) is -1.32. The van der Waals surface area contributed by atoms with E-state index in [0.717, 1.165) is 0 Å². The number of hydrogen-bond acceptors (Lipinski definition) is 1. The van der Waals surface area contributed by atoms with Crippen LogP contribution in [0.3, 0.4) is 0 Å². The lowest BCUT2D eigenvalue weighted by Gasteiger charge is -2.08. The average Bonchev–Trinajstić information content (AvgIpc) is 1.97. The van der Waals surface area contributed by atoms with Crippen LogP contribution in [0.4, 0.5) is 17.6 Å². The molecule has 1 aromatic heterocycles. The lowest BCUT2D eigenvalue weighted by Crippen LogP contribution is -2.10. The van der Waals surface area contributed by atoms with Gasteiger partial charge in [-0.2, -0.15) is 13.2 Å². The summed E-state index contributed by atoms with van der Waals surface area (Å²) in [5.74, 6) is -0.687. The molecule has 0 unspecified atom stereocenters. The largest absolute Gasteiger partial charge is 0.433 e. The van der Waals surface area contributed by atoms with E-state index in [9.17, 15) is 17.6 Å². The molecule has 0 aliphatic carbocycles. The van der Waals surface area contributed by atoms with Crippen molar-refractivity contribution in [1.82, 2.24) is 4.98 Å². The maximum atomic E-state index is 12.9. The third-order valence-corrected chi connectivity index (χ3v) is 1.60. The summed E-state index contributed by atoms with van der Waals surface area (Å²) in [4.78, 5) is 3.10. The lowest BCUT2D eigenvalue weighted by atomic mass is 10.2. The molecule has 13 heavy (non-hydrogen) atoms. The Hall–Kier alpha value is -1.13. The van der Waals surface area contributed by atoms with Crippen LogP contribution in [0.15, 0.2) is 6.07 Å². The molecule has 0 bridgehead atoms. The highest BCUT2D eigenvalue weighted by atomic mass is 19.4. The van der Waals surface area contributed by atoms with E-state index in [0.29, 0.717) is 6.07 Å². The average molecular weight is 193 g/mol. The van der Waals surface area contributed by atoms with E-state index in [1.165, 1.54) is 13.8 Å². The fourth-order valence-electron chi connectivity index (χ4n) is 0.961. The Bertz CT molecular complexity index is 306. The Balaban J connectivity index is 3.29. The van der Waals surface area contributed by atoms with Crippen LogP contribution in [-0.4, -0.2) is 4.98 Å². The molecule has 0 spiro atoms. The second-order valence-electron chi connectivity index (χ2n) is 2.72. The van der Waals surface area contributed by atoms with Crippen molar-refractivity contribution in [3.63, 3.8) is 0 Å². The van der Waals surface area contributed by atoms with Crippen LogP contribution in [0.2, 0.25) is 0 Å². The van der Waals surface area contributed by atoms with Crippen molar-refractivity contribution in [2.45, 2.75) is 20.0 Å². The summed E-state index contributed by atoms with van der Waals surface area (Å²) in [6.45, 7) is 2.48. The number of nitrogens with zero attached hydrogens (tertiary/aromatic N) is 1. The van der Waals surface area contributed by atoms with Gasteiger partial charge in [-0.05, 0) is 25.5 Å². The third-order valence-electron chi connectivity index (χ3n) is 1.60. The van der Waals surface area contributed by atoms with Crippen LogP contribution >= 0.6 is 0 Å². The molecule has 0 atom stereocenters. The highest BCUT2D eigenvalue weighted by molar-refractivity contribution is 5.23. The SMILES string of the molecule is Cc1cc(C(F)(F)F)nc(C)c1F. The van der Waals surface area contributed by atoms with E-state index < -0.39 is 17.7 Å². The Labute approximate surface area is 72.4 Å². The molecule has 0 amide bonds. The number of rotatable bonds is 0. The Kier molecular flexibility index (Phi) is 2.28. The number of hydrogen-bond donors (Lipinski definition) is 0. The van der Waals surface area contributed by atoms with E-state index in [4.69, 9.17) is 0 Å². The van der Waals surface area contributed by atoms with Gasteiger partial charge in [0.15, 0.2) is 0 Å². The van der Waals surface area contributed by atoms with Crippen molar-refractivity contribution in [3.05, 3.63) is 28.8 Å². The molecule has 0 saturated carbocycles. The predicted octanol–water partition coefficient (Wildman–Crippen LogP) is 2.86. The first-order valence-corrected chi connectivity index (χ1v) is 3.53. The predicted molar refractivity (Wildman–Crippen MR) is 38.7 cm³/mol. The number of aromatic nitrogens is 1. The minimum Gasteiger partial charge on any atom is -0.246 e. The fourth-order valence-corrected chi connectivity index (χ4v) is 0.961. The van der Waals surface area contributed by atoms with Gasteiger partial charge in [0.05, 0.1) is 5.69 Å². The van der Waals surface area contributed by atoms with Crippen molar-refractivity contribution >= 4 is 0 Å². The molecule has 5 heteroatoms. The van der Waals surface area contributed by atoms with E-state index in [1.807, 2.05) is 0 Å². The normalized spacial score (nSPS) is 11.8. The third kappa shape index (κ3) is 1.96. The van der Waals surface area contributed by atoms with Gasteiger partial charge < -0.3 is 0 Å². The van der Waals surface area contributed by atoms with Gasteiger partial charge in [0.1, 0.15) is 11.5 Å². The first-order chi connectivity index (χ1) is 5.82. The molecular weight excluding hydrogens is 186 g/mol. The number of alkyl halides is 3. The van der Waals surface area contributed by atoms with Gasteiger partial charge in [-0.15, -0.1) is 0 Å². The summed E-state index contributed by atoms with van der Waals surface area (Å²) in [5, 5.41) is 0. The van der Waals surface area contributed by atoms with Gasteiger partial charge >= 0.3 is 6.18 Å². The number of pyridine rings is 1. The molecule has 72 valence electrons. The second-order valence-corrected chi connectivity index (χ2v) is 2.72. The van der Waals surface area contributed by atoms with Gasteiger partial charge in [0.25, 0.3) is 0 Å². The van der Waals surface area contributed by atoms with Crippen LogP contribution in [0.25, 0.3) is 0 Å². The number of halogens is 4. The van der Waals surface area contributed by atoms with Crippen molar-refractivity contribution in [3.8, 4) is 0 Å². The number of aryl methyl sites for hydroxylation is 2. The molecule has 1 nitrogen and oxygen atoms in total. The molecule has 0 aliphatic rings. The van der Waals surface area contributed by atoms with E-state index in [2.05, 4.69) is 4.98 Å². The maximum absolute atomic E-state index is 12.9. The van der Waals surface area contributed by atoms with Gasteiger partial charge in [-0.3, -0.25) is 0 Å². The first-order valence-electron chi connectivity index (χ1n) is 3.53. The second kappa shape index (κ2) is 2.97. The molecule has 0 N–H and O–H groups in total. The summed E-state index contributed by atoms with van der Waals surface area (Å²) >= 11 is 0. The summed E-state index contributed by atoms with van der Waals surface area (Å²) in [7, 11) is 0. The molecular formula is C8H7F4N. The van der Waals surface area contributed by atoms with Gasteiger partial charge in [-0.25, -0.2) is 9.37 Å². The van der Waals surface area contributed by atoms with Gasteiger partial charge in [0, 0.05) is 0 Å². The van der Waals surface area contributed by atoms with Crippen molar-refractivity contribution < 1.29 is 17.6 Å². The molecule has 0 aromatic carbocycles. The van der Waals surface area contributed by atoms with Crippen molar-refractivity contribution in [2.24, 2.45) is 0 Å². The molecule has 0 aliphatic heterocycles. The minimum absolute atomic E-state index is 0.0418. The fraction of sp³-hybridized carbons (Fsp3) is 0.375. The Morgan fingerprint density at radius 3 is 2.15 bits per heavy atom. The lowest BCUT2D eigenvalue weighted by molar-refractivity contribution is -0.141. The quantitative estimate of drug-likeness (QED) is 0.577. The smallest absolute Gasteiger partial charge is 0.246 e. The minimum atomic E-state index is -4.51. The standard InChI is InChI=1S/C8H7F4N/c1-4-3-6(8(10,11)12)13-5(2)7(4)9/h3H,1-2H3. The molecule has 0 saturated heterocycles. The van der Waals surface area contributed by atoms with Crippen LogP contribution < -0.4 is 0 Å². The Morgan fingerprint density at radius 2 is 1.77 bits per heavy atom. The zero-order valence-electron chi connectivity index (χ0n) is 7.04. The van der Waals surface area contributed by atoms with Crippen molar-refractivity contribution in [1.29, 1.82) is 0 Å². The van der Waals surface area contributed by atoms with E-state index in [1.54, 1.807) is 0 Å². The zero-order valence-corrected chi connectivity index (χ0v) is 7.04. The van der Waals surface area contributed by atoms with Crippen molar-refractivity contribution in [2.75, 3.05) is 0 Å². The summed E-state index contributed by atoms with van der Waals surface area (Å²) in [6.07, 6.45) is -4.51. The van der Waals surface area contributed by atoms with Crippen LogP contribution in [0, 0.1) is 19.7 Å². The Morgan fingerprint density at radius 1 is 1.23 bits per heavy atom. The summed E-state index contributed by atoms with van der Waals surface area (Å²) < 4.78 is 49.2.